The number of para-hydroxylation sites is 1. The quantitative estimate of drug-likeness (QED) is 0.0432. The number of fused-ring (bicyclic) bond motifs is 2. The molecule has 0 unspecified atom stereocenters. The predicted molar refractivity (Wildman–Crippen MR) is 243 cm³/mol. The van der Waals surface area contributed by atoms with Crippen molar-refractivity contribution in [2.24, 2.45) is 0 Å². The Balaban J connectivity index is 0.739. The van der Waals surface area contributed by atoms with Crippen molar-refractivity contribution in [1.82, 2.24) is 15.3 Å². The number of halogens is 2. The van der Waals surface area contributed by atoms with Gasteiger partial charge in [0.15, 0.2) is 0 Å². The van der Waals surface area contributed by atoms with Gasteiger partial charge in [0.25, 0.3) is 17.6 Å². The van der Waals surface area contributed by atoms with Crippen molar-refractivity contribution >= 4 is 51.6 Å². The molecule has 1 aliphatic heterocycles. The second-order valence-electron chi connectivity index (χ2n) is 15.1. The van der Waals surface area contributed by atoms with Crippen molar-refractivity contribution in [2.45, 2.75) is 45.1 Å². The molecule has 6 aromatic carbocycles. The number of benzene rings is 6. The number of unbranched alkanes of at least 4 members (excludes halogenated alkanes) is 4. The van der Waals surface area contributed by atoms with E-state index in [1.54, 1.807) is 36.4 Å². The van der Waals surface area contributed by atoms with Gasteiger partial charge in [-0.2, -0.15) is 0 Å². The molecule has 7 aromatic rings. The van der Waals surface area contributed by atoms with Crippen molar-refractivity contribution in [2.75, 3.05) is 25.1 Å². The number of ketones is 1. The van der Waals surface area contributed by atoms with Gasteiger partial charge in [0.2, 0.25) is 0 Å². The first kappa shape index (κ1) is 43.5. The average Bonchev–Trinajstić information content (AvgIpc) is 3.30. The van der Waals surface area contributed by atoms with Gasteiger partial charge in [0.05, 0.1) is 22.7 Å². The molecule has 0 radical (unpaired) electrons. The molecule has 8 rings (SSSR count). The maximum atomic E-state index is 13.6. The summed E-state index contributed by atoms with van der Waals surface area (Å²) in [7, 11) is 0. The van der Waals surface area contributed by atoms with Gasteiger partial charge in [-0.15, -0.1) is 0 Å². The number of carbonyl (C=O) groups excluding carboxylic acids is 3. The molecule has 1 aromatic heterocycles. The van der Waals surface area contributed by atoms with E-state index in [1.165, 1.54) is 24.5 Å². The van der Waals surface area contributed by atoms with Crippen LogP contribution in [0.1, 0.15) is 63.9 Å². The summed E-state index contributed by atoms with van der Waals surface area (Å²) in [5.74, 6) is 0.0762. The van der Waals surface area contributed by atoms with Crippen LogP contribution in [-0.4, -0.2) is 47.4 Å². The van der Waals surface area contributed by atoms with Crippen LogP contribution in [0.3, 0.4) is 0 Å². The van der Waals surface area contributed by atoms with Gasteiger partial charge in [-0.1, -0.05) is 85.5 Å². The fourth-order valence-electron chi connectivity index (χ4n) is 7.38. The third kappa shape index (κ3) is 10.9. The lowest BCUT2D eigenvalue weighted by molar-refractivity contribution is -0.116. The zero-order valence-corrected chi connectivity index (χ0v) is 35.5. The standard InChI is InChI=1S/C51H44ClFN4O7/c52-42-30-38(20-24-45(42)63-31-33-10-8-13-37(53)28-33)56-49-41-29-36(19-23-43(41)54-32-55-49)34-17-21-39(22-18-34)62-27-26-61-25-7-3-1-2-4-11-35-12-5-6-15-44(35)64-46-16-9-14-40-47(46)50(59)57-51(60)48(40)58/h5-6,8-10,12-24,28-30,32H,1-4,7,11,25-27,31H2,(H,54,55,56)(H,57,59,60). The molecular formula is C51H44ClFN4O7. The molecule has 2 heterocycles. The van der Waals surface area contributed by atoms with E-state index >= 15 is 0 Å². The lowest BCUT2D eigenvalue weighted by atomic mass is 9.98. The average molecular weight is 879 g/mol. The number of anilines is 2. The molecule has 0 bridgehead atoms. The molecule has 0 saturated heterocycles. The molecule has 0 spiro atoms. The molecule has 0 fully saturated rings. The van der Waals surface area contributed by atoms with Crippen LogP contribution in [0, 0.1) is 5.82 Å². The topological polar surface area (TPSA) is 138 Å². The molecule has 0 atom stereocenters. The van der Waals surface area contributed by atoms with E-state index in [2.05, 4.69) is 20.6 Å². The van der Waals surface area contributed by atoms with Gasteiger partial charge >= 0.3 is 0 Å². The molecule has 2 N–H and O–H groups in total. The normalized spacial score (nSPS) is 12.2. The van der Waals surface area contributed by atoms with E-state index in [0.29, 0.717) is 47.7 Å². The SMILES string of the molecule is O=C1NC(=O)c2c(Oc3ccccc3CCCCCCCOCCOc3ccc(-c4ccc5ncnc(Nc6ccc(OCc7cccc(F)c7)c(Cl)c6)c5c4)cc3)cccc2C1=O. The zero-order chi connectivity index (χ0) is 44.3. The highest BCUT2D eigenvalue weighted by Crippen LogP contribution is 2.34. The molecule has 64 heavy (non-hydrogen) atoms. The second-order valence-corrected chi connectivity index (χ2v) is 15.6. The minimum absolute atomic E-state index is 0.0477. The number of Topliss-reactive ketones (excluding diaryl/α,β-unsaturated/α-hetero) is 1. The van der Waals surface area contributed by atoms with Crippen LogP contribution in [0.4, 0.5) is 15.9 Å². The molecule has 11 nitrogen and oxygen atoms in total. The number of nitrogens with zero attached hydrogens (tertiary/aromatic N) is 2. The molecule has 1 aliphatic rings. The van der Waals surface area contributed by atoms with Crippen molar-refractivity contribution < 1.29 is 37.7 Å². The Morgan fingerprint density at radius 1 is 0.656 bits per heavy atom. The number of imide groups is 1. The molecule has 324 valence electrons. The largest absolute Gasteiger partial charge is 0.491 e. The van der Waals surface area contributed by atoms with Gasteiger partial charge in [0.1, 0.15) is 54.2 Å². The fourth-order valence-corrected chi connectivity index (χ4v) is 7.62. The minimum atomic E-state index is -0.934. The van der Waals surface area contributed by atoms with E-state index in [0.717, 1.165) is 77.6 Å². The van der Waals surface area contributed by atoms with Gasteiger partial charge < -0.3 is 24.3 Å². The Labute approximate surface area is 374 Å². The summed E-state index contributed by atoms with van der Waals surface area (Å²) >= 11 is 6.55. The van der Waals surface area contributed by atoms with Crippen LogP contribution in [0.5, 0.6) is 23.0 Å². The lowest BCUT2D eigenvalue weighted by Gasteiger charge is -2.18. The first-order valence-corrected chi connectivity index (χ1v) is 21.5. The summed E-state index contributed by atoms with van der Waals surface area (Å²) in [6, 6.07) is 37.9. The van der Waals surface area contributed by atoms with Gasteiger partial charge in [-0.25, -0.2) is 14.4 Å². The van der Waals surface area contributed by atoms with Crippen molar-refractivity contribution in [3.8, 4) is 34.1 Å². The lowest BCUT2D eigenvalue weighted by Crippen LogP contribution is -2.42. The van der Waals surface area contributed by atoms with Gasteiger partial charge in [0, 0.05) is 23.2 Å². The second kappa shape index (κ2) is 20.8. The number of carbonyl (C=O) groups is 3. The van der Waals surface area contributed by atoms with Crippen LogP contribution < -0.4 is 24.8 Å². The molecule has 2 amide bonds. The number of hydrogen-bond donors (Lipinski definition) is 2. The summed E-state index contributed by atoms with van der Waals surface area (Å²) in [4.78, 5) is 45.6. The number of amides is 2. The van der Waals surface area contributed by atoms with E-state index < -0.39 is 17.6 Å². The third-order valence-electron chi connectivity index (χ3n) is 10.7. The molecule has 0 aliphatic carbocycles. The number of hydrogen-bond acceptors (Lipinski definition) is 10. The highest BCUT2D eigenvalue weighted by Gasteiger charge is 2.33. The highest BCUT2D eigenvalue weighted by molar-refractivity contribution is 6.49. The van der Waals surface area contributed by atoms with Gasteiger partial charge in [-0.3, -0.25) is 19.7 Å². The highest BCUT2D eigenvalue weighted by atomic mass is 35.5. The van der Waals surface area contributed by atoms with Crippen molar-refractivity contribution in [1.29, 1.82) is 0 Å². The van der Waals surface area contributed by atoms with Crippen LogP contribution in [0.25, 0.3) is 22.0 Å². The molecule has 13 heteroatoms. The van der Waals surface area contributed by atoms with Crippen LogP contribution >= 0.6 is 11.6 Å². The van der Waals surface area contributed by atoms with E-state index in [1.807, 2.05) is 72.8 Å². The number of ether oxygens (including phenoxy) is 4. The van der Waals surface area contributed by atoms with E-state index in [9.17, 15) is 18.8 Å². The van der Waals surface area contributed by atoms with Crippen LogP contribution in [0.15, 0.2) is 134 Å². The fraction of sp³-hybridized carbons (Fsp3) is 0.196. The number of rotatable bonds is 20. The number of aromatic nitrogens is 2. The number of nitrogens with one attached hydrogen (secondary N) is 2. The van der Waals surface area contributed by atoms with Crippen LogP contribution in [-0.2, 0) is 22.6 Å². The predicted octanol–water partition coefficient (Wildman–Crippen LogP) is 11.2. The maximum Gasteiger partial charge on any atom is 0.299 e. The minimum Gasteiger partial charge on any atom is -0.491 e. The summed E-state index contributed by atoms with van der Waals surface area (Å²) in [5.41, 5.74) is 5.35. The van der Waals surface area contributed by atoms with E-state index in [-0.39, 0.29) is 29.3 Å². The first-order valence-electron chi connectivity index (χ1n) is 21.1. The monoisotopic (exact) mass is 878 g/mol. The van der Waals surface area contributed by atoms with Crippen LogP contribution in [0.2, 0.25) is 5.02 Å². The Morgan fingerprint density at radius 3 is 2.31 bits per heavy atom. The maximum absolute atomic E-state index is 13.6. The summed E-state index contributed by atoms with van der Waals surface area (Å²) in [6.07, 6.45) is 7.40. The third-order valence-corrected chi connectivity index (χ3v) is 11.0. The summed E-state index contributed by atoms with van der Waals surface area (Å²) in [5, 5.41) is 6.71. The van der Waals surface area contributed by atoms with E-state index in [4.69, 9.17) is 30.5 Å². The Kier molecular flexibility index (Phi) is 14.1. The number of aryl methyl sites for hydroxylation is 1. The van der Waals surface area contributed by atoms with Gasteiger partial charge in [-0.05, 0) is 114 Å². The molecule has 0 saturated carbocycles. The Hall–Kier alpha value is -7.15. The Bertz CT molecular complexity index is 2800. The Morgan fingerprint density at radius 2 is 1.45 bits per heavy atom. The van der Waals surface area contributed by atoms with Crippen molar-refractivity contribution in [3.63, 3.8) is 0 Å². The van der Waals surface area contributed by atoms with Crippen molar-refractivity contribution in [3.05, 3.63) is 167 Å². The zero-order valence-electron chi connectivity index (χ0n) is 34.8. The smallest absolute Gasteiger partial charge is 0.299 e. The molecular weight excluding hydrogens is 835 g/mol. The summed E-state index contributed by atoms with van der Waals surface area (Å²) < 4.78 is 37.3. The summed E-state index contributed by atoms with van der Waals surface area (Å²) in [6.45, 7) is 1.79. The first-order chi connectivity index (χ1) is 31.3.